The molecule has 0 aliphatic rings. The van der Waals surface area contributed by atoms with Crippen molar-refractivity contribution in [1.82, 2.24) is 0 Å². The Morgan fingerprint density at radius 3 is 2.67 bits per heavy atom. The van der Waals surface area contributed by atoms with Crippen molar-refractivity contribution in [3.63, 3.8) is 0 Å². The van der Waals surface area contributed by atoms with E-state index in [-0.39, 0.29) is 5.78 Å². The molecule has 0 fully saturated rings. The van der Waals surface area contributed by atoms with Crippen LogP contribution in [0.15, 0.2) is 24.3 Å². The average molecular weight is 162 g/mol. The predicted molar refractivity (Wildman–Crippen MR) is 49.9 cm³/mol. The lowest BCUT2D eigenvalue weighted by Gasteiger charge is -2.01. The predicted octanol–water partition coefficient (Wildman–Crippen LogP) is 0.710. The van der Waals surface area contributed by atoms with Crippen LogP contribution in [0.5, 0.6) is 0 Å². The number of hydrogen-bond acceptors (Lipinski definition) is 2. The van der Waals surface area contributed by atoms with Crippen molar-refractivity contribution in [3.8, 4) is 0 Å². The minimum absolute atomic E-state index is 0.0255. The van der Waals surface area contributed by atoms with Crippen LogP contribution in [-0.4, -0.2) is 17.7 Å². The summed E-state index contributed by atoms with van der Waals surface area (Å²) in [5.41, 5.74) is 1.43. The molecule has 0 aliphatic carbocycles. The quantitative estimate of drug-likeness (QED) is 0.513. The normalized spacial score (nSPS) is 9.58. The summed E-state index contributed by atoms with van der Waals surface area (Å²) in [6.45, 7) is 2.68. The second-order valence-electron chi connectivity index (χ2n) is 2.86. The number of Topliss-reactive ketones (excluding diaryl/α,β-unsaturated/α-hetero) is 1. The van der Waals surface area contributed by atoms with Crippen LogP contribution in [-0.2, 0) is 0 Å². The van der Waals surface area contributed by atoms with Crippen LogP contribution in [0.3, 0.4) is 0 Å². The number of hydrogen-bond donors (Lipinski definition) is 1. The molecule has 62 valence electrons. The molecular formula is C9H11BO2. The summed E-state index contributed by atoms with van der Waals surface area (Å²) < 4.78 is 0. The molecule has 0 unspecified atom stereocenters. The van der Waals surface area contributed by atoms with Gasteiger partial charge < -0.3 is 5.02 Å². The van der Waals surface area contributed by atoms with Crippen LogP contribution < -0.4 is 5.46 Å². The number of rotatable bonds is 2. The molecule has 0 atom stereocenters. The van der Waals surface area contributed by atoms with E-state index >= 15 is 0 Å². The van der Waals surface area contributed by atoms with Crippen LogP contribution >= 0.6 is 0 Å². The van der Waals surface area contributed by atoms with Gasteiger partial charge in [-0.05, 0) is 12.4 Å². The van der Waals surface area contributed by atoms with Crippen LogP contribution in [0.1, 0.15) is 17.3 Å². The maximum Gasteiger partial charge on any atom is 0.320 e. The SMILES string of the molecule is CB(O)c1cccc(C(C)=O)c1. The highest BCUT2D eigenvalue weighted by Gasteiger charge is 2.07. The Morgan fingerprint density at radius 2 is 2.17 bits per heavy atom. The van der Waals surface area contributed by atoms with Crippen molar-refractivity contribution in [1.29, 1.82) is 0 Å². The number of carbonyl (C=O) groups is 1. The summed E-state index contributed by atoms with van der Waals surface area (Å²) in [5, 5.41) is 9.22. The molecule has 2 nitrogen and oxygen atoms in total. The summed E-state index contributed by atoms with van der Waals surface area (Å²) in [6, 6.07) is 7.04. The van der Waals surface area contributed by atoms with Gasteiger partial charge in [0.05, 0.1) is 0 Å². The Balaban J connectivity index is 3.04. The Hall–Kier alpha value is -1.09. The van der Waals surface area contributed by atoms with Crippen molar-refractivity contribution in [2.75, 3.05) is 0 Å². The van der Waals surface area contributed by atoms with E-state index in [1.54, 1.807) is 31.1 Å². The fourth-order valence-corrected chi connectivity index (χ4v) is 1.02. The van der Waals surface area contributed by atoms with Crippen LogP contribution in [0.25, 0.3) is 0 Å². The third-order valence-electron chi connectivity index (χ3n) is 1.78. The van der Waals surface area contributed by atoms with Gasteiger partial charge in [0.25, 0.3) is 0 Å². The Morgan fingerprint density at radius 1 is 1.50 bits per heavy atom. The molecule has 0 amide bonds. The molecule has 0 spiro atoms. The fourth-order valence-electron chi connectivity index (χ4n) is 1.02. The second-order valence-corrected chi connectivity index (χ2v) is 2.86. The highest BCUT2D eigenvalue weighted by Crippen LogP contribution is 1.98. The maximum absolute atomic E-state index is 10.9. The Bertz CT molecular complexity index is 294. The van der Waals surface area contributed by atoms with Crippen LogP contribution in [0.4, 0.5) is 0 Å². The molecule has 1 aromatic rings. The lowest BCUT2D eigenvalue weighted by molar-refractivity contribution is 0.101. The van der Waals surface area contributed by atoms with Gasteiger partial charge in [0.2, 0.25) is 0 Å². The first-order valence-electron chi connectivity index (χ1n) is 3.90. The maximum atomic E-state index is 10.9. The lowest BCUT2D eigenvalue weighted by Crippen LogP contribution is -2.26. The van der Waals surface area contributed by atoms with E-state index in [1.165, 1.54) is 6.92 Å². The Kier molecular flexibility index (Phi) is 2.66. The molecular weight excluding hydrogens is 151 g/mol. The molecule has 1 rings (SSSR count). The first-order valence-corrected chi connectivity index (χ1v) is 3.90. The molecule has 0 saturated heterocycles. The molecule has 0 aliphatic heterocycles. The second kappa shape index (κ2) is 3.54. The summed E-state index contributed by atoms with van der Waals surface area (Å²) >= 11 is 0. The highest BCUT2D eigenvalue weighted by molar-refractivity contribution is 6.64. The monoisotopic (exact) mass is 162 g/mol. The van der Waals surface area contributed by atoms with Gasteiger partial charge in [-0.25, -0.2) is 0 Å². The van der Waals surface area contributed by atoms with Gasteiger partial charge in [-0.1, -0.05) is 31.1 Å². The van der Waals surface area contributed by atoms with E-state index in [4.69, 9.17) is 0 Å². The van der Waals surface area contributed by atoms with Gasteiger partial charge in [-0.3, -0.25) is 4.79 Å². The average Bonchev–Trinajstić information content (AvgIpc) is 2.04. The molecule has 0 radical (unpaired) electrons. The summed E-state index contributed by atoms with van der Waals surface area (Å²) in [6.07, 6.45) is 0. The van der Waals surface area contributed by atoms with Gasteiger partial charge in [0, 0.05) is 5.56 Å². The minimum atomic E-state index is -0.510. The van der Waals surface area contributed by atoms with Crippen molar-refractivity contribution in [3.05, 3.63) is 29.8 Å². The molecule has 0 saturated carbocycles. The first-order chi connectivity index (χ1) is 5.61. The molecule has 0 heterocycles. The van der Waals surface area contributed by atoms with Gasteiger partial charge in [0.15, 0.2) is 5.78 Å². The van der Waals surface area contributed by atoms with E-state index in [0.717, 1.165) is 5.46 Å². The third kappa shape index (κ3) is 1.95. The van der Waals surface area contributed by atoms with Gasteiger partial charge in [-0.2, -0.15) is 0 Å². The summed E-state index contributed by atoms with van der Waals surface area (Å²) in [5.74, 6) is 0.0255. The number of benzene rings is 1. The van der Waals surface area contributed by atoms with Crippen molar-refractivity contribution >= 4 is 18.2 Å². The largest absolute Gasteiger partial charge is 0.447 e. The summed E-state index contributed by atoms with van der Waals surface area (Å²) in [7, 11) is 0. The van der Waals surface area contributed by atoms with Crippen molar-refractivity contribution < 1.29 is 9.82 Å². The van der Waals surface area contributed by atoms with Crippen LogP contribution in [0, 0.1) is 0 Å². The first kappa shape index (κ1) is 9.01. The Labute approximate surface area is 72.3 Å². The smallest absolute Gasteiger partial charge is 0.320 e. The highest BCUT2D eigenvalue weighted by atomic mass is 16.2. The van der Waals surface area contributed by atoms with Gasteiger partial charge in [0.1, 0.15) is 0 Å². The van der Waals surface area contributed by atoms with E-state index in [0.29, 0.717) is 5.56 Å². The molecule has 1 N–H and O–H groups in total. The zero-order valence-corrected chi connectivity index (χ0v) is 7.24. The standard InChI is InChI=1S/C9H11BO2/c1-7(11)8-4-3-5-9(6-8)10(2)12/h3-6,12H,1-2H3. The molecule has 3 heteroatoms. The van der Waals surface area contributed by atoms with Gasteiger partial charge in [-0.15, -0.1) is 0 Å². The fraction of sp³-hybridized carbons (Fsp3) is 0.222. The van der Waals surface area contributed by atoms with E-state index < -0.39 is 6.92 Å². The zero-order chi connectivity index (χ0) is 9.14. The lowest BCUT2D eigenvalue weighted by atomic mass is 9.64. The third-order valence-corrected chi connectivity index (χ3v) is 1.78. The molecule has 1 aromatic carbocycles. The van der Waals surface area contributed by atoms with E-state index in [2.05, 4.69) is 0 Å². The molecule has 0 aromatic heterocycles. The summed E-state index contributed by atoms with van der Waals surface area (Å²) in [4.78, 5) is 10.9. The van der Waals surface area contributed by atoms with Crippen molar-refractivity contribution in [2.45, 2.75) is 13.7 Å². The van der Waals surface area contributed by atoms with Crippen molar-refractivity contribution in [2.24, 2.45) is 0 Å². The van der Waals surface area contributed by atoms with E-state index in [9.17, 15) is 9.82 Å². The number of ketones is 1. The topological polar surface area (TPSA) is 37.3 Å². The van der Waals surface area contributed by atoms with Crippen LogP contribution in [0.2, 0.25) is 6.82 Å². The molecule has 0 bridgehead atoms. The number of carbonyl (C=O) groups excluding carboxylic acids is 1. The van der Waals surface area contributed by atoms with E-state index in [1.807, 2.05) is 0 Å². The molecule has 12 heavy (non-hydrogen) atoms. The zero-order valence-electron chi connectivity index (χ0n) is 7.24. The van der Waals surface area contributed by atoms with Gasteiger partial charge >= 0.3 is 6.92 Å². The minimum Gasteiger partial charge on any atom is -0.447 e.